The number of nitro groups is 1. The molecule has 0 aliphatic heterocycles. The van der Waals surface area contributed by atoms with Gasteiger partial charge in [-0.15, -0.1) is 0 Å². The fourth-order valence-corrected chi connectivity index (χ4v) is 2.98. The first-order chi connectivity index (χ1) is 14.4. The molecule has 3 rings (SSSR count). The minimum atomic E-state index is -0.548. The van der Waals surface area contributed by atoms with Crippen molar-refractivity contribution in [3.8, 4) is 5.75 Å². The van der Waals surface area contributed by atoms with Crippen LogP contribution < -0.4 is 15.4 Å². The first kappa shape index (κ1) is 20.8. The summed E-state index contributed by atoms with van der Waals surface area (Å²) in [6.45, 7) is 1.68. The van der Waals surface area contributed by atoms with Gasteiger partial charge >= 0.3 is 0 Å². The fourth-order valence-electron chi connectivity index (χ4n) is 2.98. The normalized spacial score (nSPS) is 10.5. The molecule has 0 unspecified atom stereocenters. The van der Waals surface area contributed by atoms with E-state index in [9.17, 15) is 19.7 Å². The van der Waals surface area contributed by atoms with Crippen molar-refractivity contribution in [2.75, 3.05) is 13.7 Å². The number of benzene rings is 3. The van der Waals surface area contributed by atoms with Gasteiger partial charge in [-0.3, -0.25) is 19.7 Å². The first-order valence-electron chi connectivity index (χ1n) is 9.24. The highest BCUT2D eigenvalue weighted by Gasteiger charge is 2.15. The smallest absolute Gasteiger partial charge is 0.273 e. The molecule has 0 saturated heterocycles. The molecule has 0 spiro atoms. The Morgan fingerprint density at radius 1 is 1.00 bits per heavy atom. The van der Waals surface area contributed by atoms with Gasteiger partial charge in [0.2, 0.25) is 5.91 Å². The van der Waals surface area contributed by atoms with Crippen LogP contribution in [0.2, 0.25) is 0 Å². The summed E-state index contributed by atoms with van der Waals surface area (Å²) in [5.74, 6) is -0.133. The van der Waals surface area contributed by atoms with Crippen molar-refractivity contribution in [2.45, 2.75) is 13.5 Å². The Morgan fingerprint density at radius 3 is 2.47 bits per heavy atom. The number of hydrogen-bond donors (Lipinski definition) is 2. The van der Waals surface area contributed by atoms with Gasteiger partial charge in [0.15, 0.2) is 0 Å². The summed E-state index contributed by atoms with van der Waals surface area (Å²) in [6, 6.07) is 15.8. The number of hydrogen-bond acceptors (Lipinski definition) is 5. The highest BCUT2D eigenvalue weighted by molar-refractivity contribution is 5.97. The molecule has 0 aliphatic carbocycles. The van der Waals surface area contributed by atoms with Gasteiger partial charge in [0.25, 0.3) is 11.6 Å². The van der Waals surface area contributed by atoms with E-state index in [1.54, 1.807) is 14.0 Å². The largest absolute Gasteiger partial charge is 0.497 e. The van der Waals surface area contributed by atoms with Gasteiger partial charge in [0.05, 0.1) is 18.6 Å². The summed E-state index contributed by atoms with van der Waals surface area (Å²) in [4.78, 5) is 34.7. The zero-order valence-corrected chi connectivity index (χ0v) is 16.6. The summed E-state index contributed by atoms with van der Waals surface area (Å²) in [5, 5.41) is 18.3. The van der Waals surface area contributed by atoms with Crippen molar-refractivity contribution in [1.29, 1.82) is 0 Å². The number of nitrogens with zero attached hydrogens (tertiary/aromatic N) is 1. The topological polar surface area (TPSA) is 111 Å². The van der Waals surface area contributed by atoms with Crippen LogP contribution in [0.15, 0.2) is 54.6 Å². The molecule has 30 heavy (non-hydrogen) atoms. The molecule has 0 heterocycles. The zero-order chi connectivity index (χ0) is 21.7. The second kappa shape index (κ2) is 9.04. The molecule has 0 atom stereocenters. The number of nitrogens with one attached hydrogen (secondary N) is 2. The number of rotatable bonds is 7. The molecule has 0 bridgehead atoms. The Hall–Kier alpha value is -3.94. The molecule has 154 valence electrons. The molecule has 0 aliphatic rings. The molecule has 0 fully saturated rings. The lowest BCUT2D eigenvalue weighted by molar-refractivity contribution is -0.385. The molecule has 0 radical (unpaired) electrons. The van der Waals surface area contributed by atoms with Gasteiger partial charge < -0.3 is 15.4 Å². The van der Waals surface area contributed by atoms with Crippen LogP contribution in [0.4, 0.5) is 5.69 Å². The molecule has 8 nitrogen and oxygen atoms in total. The maximum atomic E-state index is 12.2. The standard InChI is InChI=1S/C22H21N3O5/c1-14-3-5-18(11-20(14)25(28)29)22(27)24-13-21(26)23-12-15-4-6-17-10-19(30-2)8-7-16(17)9-15/h3-11H,12-13H2,1-2H3,(H,23,26)(H,24,27). The van der Waals surface area contributed by atoms with Crippen molar-refractivity contribution in [3.63, 3.8) is 0 Å². The maximum Gasteiger partial charge on any atom is 0.273 e. The van der Waals surface area contributed by atoms with Crippen molar-refractivity contribution in [1.82, 2.24) is 10.6 Å². The predicted octanol–water partition coefficient (Wildman–Crippen LogP) is 3.11. The van der Waals surface area contributed by atoms with Crippen LogP contribution in [0.25, 0.3) is 10.8 Å². The lowest BCUT2D eigenvalue weighted by Gasteiger charge is -2.09. The molecule has 3 aromatic rings. The second-order valence-corrected chi connectivity index (χ2v) is 6.77. The van der Waals surface area contributed by atoms with Crippen LogP contribution in [-0.4, -0.2) is 30.4 Å². The lowest BCUT2D eigenvalue weighted by atomic mass is 10.1. The summed E-state index contributed by atoms with van der Waals surface area (Å²) < 4.78 is 5.21. The summed E-state index contributed by atoms with van der Waals surface area (Å²) in [7, 11) is 1.61. The summed E-state index contributed by atoms with van der Waals surface area (Å²) in [5.41, 5.74) is 1.37. The Kier molecular flexibility index (Phi) is 6.26. The van der Waals surface area contributed by atoms with E-state index in [4.69, 9.17) is 4.74 Å². The van der Waals surface area contributed by atoms with E-state index in [1.165, 1.54) is 18.2 Å². The number of carbonyl (C=O) groups is 2. The number of aryl methyl sites for hydroxylation is 1. The third-order valence-electron chi connectivity index (χ3n) is 4.68. The number of fused-ring (bicyclic) bond motifs is 1. The average Bonchev–Trinajstić information content (AvgIpc) is 2.75. The number of methoxy groups -OCH3 is 1. The van der Waals surface area contributed by atoms with E-state index >= 15 is 0 Å². The third-order valence-corrected chi connectivity index (χ3v) is 4.68. The summed E-state index contributed by atoms with van der Waals surface area (Å²) >= 11 is 0. The predicted molar refractivity (Wildman–Crippen MR) is 113 cm³/mol. The molecular weight excluding hydrogens is 386 g/mol. The second-order valence-electron chi connectivity index (χ2n) is 6.77. The molecular formula is C22H21N3O5. The van der Waals surface area contributed by atoms with Gasteiger partial charge in [-0.1, -0.05) is 24.3 Å². The minimum absolute atomic E-state index is 0.130. The van der Waals surface area contributed by atoms with Crippen LogP contribution in [0, 0.1) is 17.0 Å². The molecule has 0 saturated carbocycles. The quantitative estimate of drug-likeness (QED) is 0.462. The van der Waals surface area contributed by atoms with Crippen LogP contribution in [0.1, 0.15) is 21.5 Å². The minimum Gasteiger partial charge on any atom is -0.497 e. The van der Waals surface area contributed by atoms with Gasteiger partial charge in [0.1, 0.15) is 5.75 Å². The Bertz CT molecular complexity index is 1130. The monoisotopic (exact) mass is 407 g/mol. The zero-order valence-electron chi connectivity index (χ0n) is 16.6. The molecule has 2 amide bonds. The van der Waals surface area contributed by atoms with Crippen LogP contribution >= 0.6 is 0 Å². The average molecular weight is 407 g/mol. The van der Waals surface area contributed by atoms with Crippen LogP contribution in [0.3, 0.4) is 0 Å². The number of ether oxygens (including phenoxy) is 1. The van der Waals surface area contributed by atoms with E-state index in [2.05, 4.69) is 10.6 Å². The van der Waals surface area contributed by atoms with Crippen molar-refractivity contribution in [2.24, 2.45) is 0 Å². The fraction of sp³-hybridized carbons (Fsp3) is 0.182. The summed E-state index contributed by atoms with van der Waals surface area (Å²) in [6.07, 6.45) is 0. The van der Waals surface area contributed by atoms with E-state index in [0.29, 0.717) is 12.1 Å². The number of amides is 2. The van der Waals surface area contributed by atoms with Crippen LogP contribution in [-0.2, 0) is 11.3 Å². The maximum absolute atomic E-state index is 12.2. The molecule has 2 N–H and O–H groups in total. The Labute approximate surface area is 173 Å². The SMILES string of the molecule is COc1ccc2cc(CNC(=O)CNC(=O)c3ccc(C)c([N+](=O)[O-])c3)ccc2c1. The van der Waals surface area contributed by atoms with Gasteiger partial charge in [0, 0.05) is 23.7 Å². The lowest BCUT2D eigenvalue weighted by Crippen LogP contribution is -2.36. The van der Waals surface area contributed by atoms with Gasteiger partial charge in [-0.25, -0.2) is 0 Å². The number of nitro benzene ring substituents is 1. The highest BCUT2D eigenvalue weighted by atomic mass is 16.6. The van der Waals surface area contributed by atoms with Crippen molar-refractivity contribution < 1.29 is 19.2 Å². The number of carbonyl (C=O) groups excluding carboxylic acids is 2. The van der Waals surface area contributed by atoms with E-state index < -0.39 is 10.8 Å². The van der Waals surface area contributed by atoms with E-state index in [1.807, 2.05) is 36.4 Å². The Morgan fingerprint density at radius 2 is 1.73 bits per heavy atom. The van der Waals surface area contributed by atoms with Gasteiger partial charge in [-0.05, 0) is 47.5 Å². The third kappa shape index (κ3) is 4.91. The molecule has 3 aromatic carbocycles. The van der Waals surface area contributed by atoms with Crippen LogP contribution in [0.5, 0.6) is 5.75 Å². The molecule has 0 aromatic heterocycles. The molecule has 8 heteroatoms. The van der Waals surface area contributed by atoms with E-state index in [0.717, 1.165) is 22.1 Å². The van der Waals surface area contributed by atoms with E-state index in [-0.39, 0.29) is 23.7 Å². The first-order valence-corrected chi connectivity index (χ1v) is 9.24. The Balaban J connectivity index is 1.55. The van der Waals surface area contributed by atoms with Crippen molar-refractivity contribution in [3.05, 3.63) is 81.4 Å². The van der Waals surface area contributed by atoms with Gasteiger partial charge in [-0.2, -0.15) is 0 Å². The van der Waals surface area contributed by atoms with Crippen molar-refractivity contribution >= 4 is 28.3 Å². The highest BCUT2D eigenvalue weighted by Crippen LogP contribution is 2.22.